The van der Waals surface area contributed by atoms with Crippen LogP contribution in [0.15, 0.2) is 30.3 Å². The third kappa shape index (κ3) is 3.72. The van der Waals surface area contributed by atoms with E-state index in [1.165, 1.54) is 0 Å². The number of aryl methyl sites for hydroxylation is 3. The molecular weight excluding hydrogens is 338 g/mol. The molecule has 0 amide bonds. The van der Waals surface area contributed by atoms with E-state index in [0.717, 1.165) is 58.7 Å². The molecule has 0 aliphatic heterocycles. The van der Waals surface area contributed by atoms with E-state index in [4.69, 9.17) is 10.1 Å². The Hall–Kier alpha value is -2.69. The molecule has 3 aromatic rings. The Bertz CT molecular complexity index is 958. The van der Waals surface area contributed by atoms with Gasteiger partial charge in [-0.15, -0.1) is 0 Å². The molecule has 3 rings (SSSR count). The van der Waals surface area contributed by atoms with E-state index in [0.29, 0.717) is 6.42 Å². The molecule has 0 saturated heterocycles. The molecule has 1 unspecified atom stereocenters. The van der Waals surface area contributed by atoms with Crippen LogP contribution in [0.5, 0.6) is 0 Å². The van der Waals surface area contributed by atoms with Gasteiger partial charge in [-0.05, 0) is 26.7 Å². The Morgan fingerprint density at radius 2 is 1.85 bits per heavy atom. The molecule has 5 heteroatoms. The van der Waals surface area contributed by atoms with Gasteiger partial charge in [0.05, 0.1) is 17.3 Å². The zero-order valence-electron chi connectivity index (χ0n) is 16.5. The first-order valence-corrected chi connectivity index (χ1v) is 9.65. The minimum atomic E-state index is -0.810. The average molecular weight is 365 g/mol. The number of hydrogen-bond acceptors (Lipinski definition) is 3. The van der Waals surface area contributed by atoms with Crippen molar-refractivity contribution in [3.05, 3.63) is 52.8 Å². The highest BCUT2D eigenvalue weighted by atomic mass is 16.4. The first-order valence-electron chi connectivity index (χ1n) is 9.65. The van der Waals surface area contributed by atoms with Crippen LogP contribution in [0.1, 0.15) is 61.5 Å². The van der Waals surface area contributed by atoms with Crippen molar-refractivity contribution in [2.75, 3.05) is 0 Å². The standard InChI is InChI=1S/C22H27N3O2/c1-5-7-17-13-19-23-15(4)20(18(8-6-2)22(26)27)21(25(19)24-17)16-11-9-14(3)10-12-16/h9-13,18H,5-8H2,1-4H3,(H,26,27). The lowest BCUT2D eigenvalue weighted by Gasteiger charge is -2.20. The molecule has 0 aliphatic carbocycles. The van der Waals surface area contributed by atoms with Crippen LogP contribution >= 0.6 is 0 Å². The predicted molar refractivity (Wildman–Crippen MR) is 107 cm³/mol. The van der Waals surface area contributed by atoms with E-state index >= 15 is 0 Å². The number of fused-ring (bicyclic) bond motifs is 1. The van der Waals surface area contributed by atoms with Crippen molar-refractivity contribution >= 4 is 11.6 Å². The summed E-state index contributed by atoms with van der Waals surface area (Å²) in [6.07, 6.45) is 3.25. The molecule has 2 heterocycles. The molecule has 0 radical (unpaired) electrons. The van der Waals surface area contributed by atoms with Crippen LogP contribution in [0.2, 0.25) is 0 Å². The fourth-order valence-corrected chi connectivity index (χ4v) is 3.65. The Morgan fingerprint density at radius 1 is 1.15 bits per heavy atom. The fourth-order valence-electron chi connectivity index (χ4n) is 3.65. The molecule has 0 bridgehead atoms. The van der Waals surface area contributed by atoms with Gasteiger partial charge < -0.3 is 5.11 Å². The lowest BCUT2D eigenvalue weighted by molar-refractivity contribution is -0.139. The van der Waals surface area contributed by atoms with Crippen LogP contribution in [0.25, 0.3) is 16.9 Å². The van der Waals surface area contributed by atoms with E-state index < -0.39 is 11.9 Å². The molecule has 27 heavy (non-hydrogen) atoms. The summed E-state index contributed by atoms with van der Waals surface area (Å²) < 4.78 is 1.84. The Morgan fingerprint density at radius 3 is 2.44 bits per heavy atom. The van der Waals surface area contributed by atoms with Gasteiger partial charge in [-0.25, -0.2) is 9.50 Å². The van der Waals surface area contributed by atoms with E-state index in [9.17, 15) is 9.90 Å². The van der Waals surface area contributed by atoms with Gasteiger partial charge in [0.25, 0.3) is 0 Å². The van der Waals surface area contributed by atoms with Gasteiger partial charge in [0.2, 0.25) is 0 Å². The summed E-state index contributed by atoms with van der Waals surface area (Å²) in [5.74, 6) is -1.41. The topological polar surface area (TPSA) is 67.5 Å². The fraction of sp³-hybridized carbons (Fsp3) is 0.409. The van der Waals surface area contributed by atoms with Crippen molar-refractivity contribution in [1.29, 1.82) is 0 Å². The third-order valence-electron chi connectivity index (χ3n) is 4.94. The number of benzene rings is 1. The number of rotatable bonds is 7. The van der Waals surface area contributed by atoms with Gasteiger partial charge in [-0.3, -0.25) is 4.79 Å². The van der Waals surface area contributed by atoms with Gasteiger partial charge in [0.15, 0.2) is 5.65 Å². The maximum absolute atomic E-state index is 12.1. The van der Waals surface area contributed by atoms with Crippen LogP contribution in [0, 0.1) is 13.8 Å². The number of aliphatic carboxylic acids is 1. The van der Waals surface area contributed by atoms with Gasteiger partial charge in [0, 0.05) is 22.9 Å². The largest absolute Gasteiger partial charge is 0.481 e. The van der Waals surface area contributed by atoms with E-state index in [-0.39, 0.29) is 0 Å². The summed E-state index contributed by atoms with van der Waals surface area (Å²) in [7, 11) is 0. The van der Waals surface area contributed by atoms with Crippen molar-refractivity contribution in [2.24, 2.45) is 0 Å². The van der Waals surface area contributed by atoms with Crippen molar-refractivity contribution in [3.8, 4) is 11.3 Å². The highest BCUT2D eigenvalue weighted by molar-refractivity contribution is 5.81. The number of carboxylic acid groups (broad SMARTS) is 1. The summed E-state index contributed by atoms with van der Waals surface area (Å²) in [4.78, 5) is 16.8. The van der Waals surface area contributed by atoms with E-state index in [2.05, 4.69) is 6.92 Å². The number of carboxylic acids is 1. The van der Waals surface area contributed by atoms with Gasteiger partial charge in [0.1, 0.15) is 0 Å². The monoisotopic (exact) mass is 365 g/mol. The van der Waals surface area contributed by atoms with Crippen molar-refractivity contribution < 1.29 is 9.90 Å². The maximum atomic E-state index is 12.1. The lowest BCUT2D eigenvalue weighted by Crippen LogP contribution is -2.17. The number of hydrogen-bond donors (Lipinski definition) is 1. The number of carbonyl (C=O) groups is 1. The lowest BCUT2D eigenvalue weighted by atomic mass is 9.89. The summed E-state index contributed by atoms with van der Waals surface area (Å²) in [6, 6.07) is 10.2. The van der Waals surface area contributed by atoms with Crippen LogP contribution in [-0.2, 0) is 11.2 Å². The molecular formula is C22H27N3O2. The van der Waals surface area contributed by atoms with Crippen molar-refractivity contribution in [1.82, 2.24) is 14.6 Å². The number of nitrogens with zero attached hydrogens (tertiary/aromatic N) is 3. The summed E-state index contributed by atoms with van der Waals surface area (Å²) >= 11 is 0. The SMILES string of the molecule is CCCc1cc2nc(C)c(C(CCC)C(=O)O)c(-c3ccc(C)cc3)n2n1. The molecule has 0 aliphatic rings. The van der Waals surface area contributed by atoms with Crippen LogP contribution in [-0.4, -0.2) is 25.7 Å². The Labute approximate surface area is 160 Å². The van der Waals surface area contributed by atoms with E-state index in [1.807, 2.05) is 55.6 Å². The van der Waals surface area contributed by atoms with Crippen LogP contribution in [0.3, 0.4) is 0 Å². The second-order valence-electron chi connectivity index (χ2n) is 7.16. The minimum absolute atomic E-state index is 0.575. The highest BCUT2D eigenvalue weighted by Crippen LogP contribution is 2.35. The molecule has 0 fully saturated rings. The zero-order chi connectivity index (χ0) is 19.6. The average Bonchev–Trinajstić information content (AvgIpc) is 3.02. The van der Waals surface area contributed by atoms with Crippen LogP contribution in [0.4, 0.5) is 0 Å². The second kappa shape index (κ2) is 7.91. The summed E-state index contributed by atoms with van der Waals surface area (Å²) in [6.45, 7) is 8.08. The number of aromatic nitrogens is 3. The zero-order valence-corrected chi connectivity index (χ0v) is 16.5. The van der Waals surface area contributed by atoms with Gasteiger partial charge in [-0.2, -0.15) is 5.10 Å². The molecule has 1 N–H and O–H groups in total. The third-order valence-corrected chi connectivity index (χ3v) is 4.94. The molecule has 2 aromatic heterocycles. The quantitative estimate of drug-likeness (QED) is 0.644. The highest BCUT2D eigenvalue weighted by Gasteiger charge is 2.28. The molecule has 142 valence electrons. The predicted octanol–water partition coefficient (Wildman–Crippen LogP) is 4.93. The first kappa shape index (κ1) is 19.1. The van der Waals surface area contributed by atoms with Gasteiger partial charge in [-0.1, -0.05) is 56.5 Å². The van der Waals surface area contributed by atoms with Crippen LogP contribution < -0.4 is 0 Å². The Kier molecular flexibility index (Phi) is 5.59. The molecule has 5 nitrogen and oxygen atoms in total. The van der Waals surface area contributed by atoms with Crippen molar-refractivity contribution in [3.63, 3.8) is 0 Å². The smallest absolute Gasteiger partial charge is 0.311 e. The molecule has 0 saturated carbocycles. The van der Waals surface area contributed by atoms with E-state index in [1.54, 1.807) is 0 Å². The molecule has 1 aromatic carbocycles. The molecule has 1 atom stereocenters. The second-order valence-corrected chi connectivity index (χ2v) is 7.16. The Balaban J connectivity index is 2.35. The maximum Gasteiger partial charge on any atom is 0.311 e. The minimum Gasteiger partial charge on any atom is -0.481 e. The normalized spacial score (nSPS) is 12.4. The first-order chi connectivity index (χ1) is 13.0. The summed E-state index contributed by atoms with van der Waals surface area (Å²) in [5.41, 5.74) is 6.28. The van der Waals surface area contributed by atoms with Gasteiger partial charge >= 0.3 is 5.97 Å². The summed E-state index contributed by atoms with van der Waals surface area (Å²) in [5, 5.41) is 14.7. The molecule has 0 spiro atoms. The van der Waals surface area contributed by atoms with Crippen molar-refractivity contribution in [2.45, 2.75) is 59.3 Å².